The SMILES string of the molecule is CCn1cc(C2CN=C(N)N2)cn1. The molecule has 13 heavy (non-hydrogen) atoms. The minimum atomic E-state index is 0.209. The molecule has 5 heteroatoms. The molecule has 2 rings (SSSR count). The predicted octanol–water partition coefficient (Wildman–Crippen LogP) is -0.138. The van der Waals surface area contributed by atoms with E-state index in [0.29, 0.717) is 12.5 Å². The normalized spacial score (nSPS) is 21.3. The van der Waals surface area contributed by atoms with Gasteiger partial charge in [-0.2, -0.15) is 5.10 Å². The monoisotopic (exact) mass is 179 g/mol. The van der Waals surface area contributed by atoms with Crippen molar-refractivity contribution >= 4 is 5.96 Å². The highest BCUT2D eigenvalue weighted by Crippen LogP contribution is 2.15. The Morgan fingerprint density at radius 2 is 2.62 bits per heavy atom. The molecule has 1 atom stereocenters. The van der Waals surface area contributed by atoms with Crippen molar-refractivity contribution in [3.05, 3.63) is 18.0 Å². The van der Waals surface area contributed by atoms with Gasteiger partial charge in [-0.25, -0.2) is 0 Å². The van der Waals surface area contributed by atoms with Crippen LogP contribution in [0.2, 0.25) is 0 Å². The lowest BCUT2D eigenvalue weighted by Crippen LogP contribution is -2.29. The summed E-state index contributed by atoms with van der Waals surface area (Å²) in [7, 11) is 0. The molecule has 0 aliphatic carbocycles. The number of aliphatic imine (C=N–C) groups is 1. The highest BCUT2D eigenvalue weighted by molar-refractivity contribution is 5.80. The van der Waals surface area contributed by atoms with Crippen LogP contribution >= 0.6 is 0 Å². The van der Waals surface area contributed by atoms with Gasteiger partial charge in [0.1, 0.15) is 0 Å². The topological polar surface area (TPSA) is 68.2 Å². The van der Waals surface area contributed by atoms with E-state index in [1.54, 1.807) is 0 Å². The molecule has 0 saturated heterocycles. The molecule has 0 fully saturated rings. The Bertz CT molecular complexity index is 327. The van der Waals surface area contributed by atoms with Crippen LogP contribution in [0.5, 0.6) is 0 Å². The molecule has 1 unspecified atom stereocenters. The number of guanidine groups is 1. The summed E-state index contributed by atoms with van der Waals surface area (Å²) in [6, 6.07) is 0.209. The number of nitrogens with zero attached hydrogens (tertiary/aromatic N) is 3. The fraction of sp³-hybridized carbons (Fsp3) is 0.500. The van der Waals surface area contributed by atoms with Crippen molar-refractivity contribution in [1.82, 2.24) is 15.1 Å². The summed E-state index contributed by atoms with van der Waals surface area (Å²) >= 11 is 0. The standard InChI is InChI=1S/C8H13N5/c1-2-13-5-6(3-11-13)7-4-10-8(9)12-7/h3,5,7H,2,4H2,1H3,(H3,9,10,12). The van der Waals surface area contributed by atoms with Crippen LogP contribution in [0, 0.1) is 0 Å². The van der Waals surface area contributed by atoms with E-state index in [-0.39, 0.29) is 6.04 Å². The molecule has 3 N–H and O–H groups in total. The summed E-state index contributed by atoms with van der Waals surface area (Å²) in [5.74, 6) is 0.522. The number of rotatable bonds is 2. The first-order valence-corrected chi connectivity index (χ1v) is 4.38. The minimum Gasteiger partial charge on any atom is -0.370 e. The predicted molar refractivity (Wildman–Crippen MR) is 50.3 cm³/mol. The molecule has 1 aromatic rings. The Hall–Kier alpha value is -1.52. The number of nitrogens with one attached hydrogen (secondary N) is 1. The van der Waals surface area contributed by atoms with Crippen LogP contribution in [0.1, 0.15) is 18.5 Å². The van der Waals surface area contributed by atoms with Crippen LogP contribution in [0.4, 0.5) is 0 Å². The van der Waals surface area contributed by atoms with Crippen LogP contribution in [0.25, 0.3) is 0 Å². The van der Waals surface area contributed by atoms with Crippen LogP contribution in [-0.4, -0.2) is 22.3 Å². The van der Waals surface area contributed by atoms with Gasteiger partial charge in [0.25, 0.3) is 0 Å². The molecular formula is C8H13N5. The molecule has 1 aliphatic heterocycles. The molecule has 0 radical (unpaired) electrons. The number of aryl methyl sites for hydroxylation is 1. The molecule has 0 spiro atoms. The van der Waals surface area contributed by atoms with Gasteiger partial charge in [0.2, 0.25) is 0 Å². The second-order valence-electron chi connectivity index (χ2n) is 3.05. The van der Waals surface area contributed by atoms with E-state index in [9.17, 15) is 0 Å². The fourth-order valence-electron chi connectivity index (χ4n) is 1.38. The molecule has 70 valence electrons. The molecule has 2 heterocycles. The third-order valence-corrected chi connectivity index (χ3v) is 2.15. The van der Waals surface area contributed by atoms with E-state index < -0.39 is 0 Å². The van der Waals surface area contributed by atoms with Crippen molar-refractivity contribution in [2.75, 3.05) is 6.54 Å². The summed E-state index contributed by atoms with van der Waals surface area (Å²) in [6.07, 6.45) is 3.88. The summed E-state index contributed by atoms with van der Waals surface area (Å²) in [5, 5.41) is 7.27. The average Bonchev–Trinajstić information content (AvgIpc) is 2.71. The van der Waals surface area contributed by atoms with Crippen LogP contribution in [0.3, 0.4) is 0 Å². The van der Waals surface area contributed by atoms with Gasteiger partial charge in [-0.15, -0.1) is 0 Å². The second-order valence-corrected chi connectivity index (χ2v) is 3.05. The molecule has 0 bridgehead atoms. The smallest absolute Gasteiger partial charge is 0.189 e. The lowest BCUT2D eigenvalue weighted by atomic mass is 10.2. The van der Waals surface area contributed by atoms with Crippen molar-refractivity contribution in [3.63, 3.8) is 0 Å². The van der Waals surface area contributed by atoms with Crippen molar-refractivity contribution in [2.45, 2.75) is 19.5 Å². The third kappa shape index (κ3) is 1.49. The first kappa shape index (κ1) is 8.10. The van der Waals surface area contributed by atoms with E-state index in [1.165, 1.54) is 0 Å². The largest absolute Gasteiger partial charge is 0.370 e. The summed E-state index contributed by atoms with van der Waals surface area (Å²) in [6.45, 7) is 3.66. The van der Waals surface area contributed by atoms with Gasteiger partial charge in [0, 0.05) is 18.3 Å². The van der Waals surface area contributed by atoms with Crippen LogP contribution in [-0.2, 0) is 6.54 Å². The van der Waals surface area contributed by atoms with Gasteiger partial charge in [-0.05, 0) is 6.92 Å². The van der Waals surface area contributed by atoms with Gasteiger partial charge < -0.3 is 11.1 Å². The number of hydrogen-bond donors (Lipinski definition) is 2. The van der Waals surface area contributed by atoms with Gasteiger partial charge in [0.05, 0.1) is 18.8 Å². The Labute approximate surface area is 76.6 Å². The first-order chi connectivity index (χ1) is 6.29. The summed E-state index contributed by atoms with van der Waals surface area (Å²) in [4.78, 5) is 4.08. The zero-order valence-electron chi connectivity index (χ0n) is 7.57. The average molecular weight is 179 g/mol. The number of aromatic nitrogens is 2. The molecule has 0 amide bonds. The van der Waals surface area contributed by atoms with E-state index in [0.717, 1.165) is 12.1 Å². The Balaban J connectivity index is 2.09. The first-order valence-electron chi connectivity index (χ1n) is 4.38. The highest BCUT2D eigenvalue weighted by atomic mass is 15.3. The van der Waals surface area contributed by atoms with E-state index in [2.05, 4.69) is 22.3 Å². The minimum absolute atomic E-state index is 0.209. The number of nitrogens with two attached hydrogens (primary N) is 1. The zero-order valence-corrected chi connectivity index (χ0v) is 7.57. The van der Waals surface area contributed by atoms with Crippen molar-refractivity contribution in [3.8, 4) is 0 Å². The molecule has 1 aromatic heterocycles. The number of hydrogen-bond acceptors (Lipinski definition) is 4. The fourth-order valence-corrected chi connectivity index (χ4v) is 1.38. The van der Waals surface area contributed by atoms with Gasteiger partial charge in [-0.1, -0.05) is 0 Å². The maximum absolute atomic E-state index is 5.51. The summed E-state index contributed by atoms with van der Waals surface area (Å²) in [5.41, 5.74) is 6.66. The van der Waals surface area contributed by atoms with Crippen LogP contribution in [0.15, 0.2) is 17.4 Å². The van der Waals surface area contributed by atoms with Gasteiger partial charge in [0.15, 0.2) is 5.96 Å². The molecule has 0 saturated carbocycles. The Morgan fingerprint density at radius 1 is 1.77 bits per heavy atom. The third-order valence-electron chi connectivity index (χ3n) is 2.15. The van der Waals surface area contributed by atoms with Gasteiger partial charge in [-0.3, -0.25) is 9.67 Å². The zero-order chi connectivity index (χ0) is 9.26. The lowest BCUT2D eigenvalue weighted by molar-refractivity contribution is 0.654. The maximum atomic E-state index is 5.51. The molecule has 1 aliphatic rings. The van der Waals surface area contributed by atoms with Gasteiger partial charge >= 0.3 is 0 Å². The second kappa shape index (κ2) is 3.08. The van der Waals surface area contributed by atoms with E-state index in [1.807, 2.05) is 17.1 Å². The molecule has 5 nitrogen and oxygen atoms in total. The maximum Gasteiger partial charge on any atom is 0.189 e. The van der Waals surface area contributed by atoms with E-state index in [4.69, 9.17) is 5.73 Å². The summed E-state index contributed by atoms with van der Waals surface area (Å²) < 4.78 is 1.89. The Morgan fingerprint density at radius 3 is 3.15 bits per heavy atom. The van der Waals surface area contributed by atoms with Crippen molar-refractivity contribution < 1.29 is 0 Å². The Kier molecular flexibility index (Phi) is 1.92. The van der Waals surface area contributed by atoms with Crippen LogP contribution < -0.4 is 11.1 Å². The molecule has 0 aromatic carbocycles. The lowest BCUT2D eigenvalue weighted by Gasteiger charge is -2.06. The molecular weight excluding hydrogens is 166 g/mol. The van der Waals surface area contributed by atoms with E-state index >= 15 is 0 Å². The highest BCUT2D eigenvalue weighted by Gasteiger charge is 2.18. The quantitative estimate of drug-likeness (QED) is 0.664. The van der Waals surface area contributed by atoms with Crippen molar-refractivity contribution in [2.24, 2.45) is 10.7 Å². The van der Waals surface area contributed by atoms with Crippen molar-refractivity contribution in [1.29, 1.82) is 0 Å².